The van der Waals surface area contributed by atoms with Crippen molar-refractivity contribution in [1.82, 2.24) is 0 Å². The largest absolute Gasteiger partial charge is 0.464 e. The number of hydrogen-bond donors (Lipinski definition) is 1. The van der Waals surface area contributed by atoms with Crippen molar-refractivity contribution in [2.24, 2.45) is 0 Å². The summed E-state index contributed by atoms with van der Waals surface area (Å²) in [6, 6.07) is 1.64. The van der Waals surface area contributed by atoms with Crippen LogP contribution in [0.4, 0.5) is 0 Å². The monoisotopic (exact) mass is 145 g/mol. The molecular weight excluding hydrogens is 138 g/mol. The minimum Gasteiger partial charge on any atom is -0.464 e. The van der Waals surface area contributed by atoms with Crippen LogP contribution in [-0.4, -0.2) is 17.8 Å². The van der Waals surface area contributed by atoms with Crippen LogP contribution in [0.2, 0.25) is 0 Å². The molecule has 0 bridgehead atoms. The first-order valence-corrected chi connectivity index (χ1v) is 2.98. The van der Waals surface area contributed by atoms with Crippen molar-refractivity contribution in [3.63, 3.8) is 0 Å². The Labute approximate surface area is 59.0 Å². The van der Waals surface area contributed by atoms with Crippen LogP contribution in [0.5, 0.6) is 0 Å². The molecule has 1 atom stereocenters. The van der Waals surface area contributed by atoms with Gasteiger partial charge in [0.25, 0.3) is 0 Å². The van der Waals surface area contributed by atoms with E-state index in [1.165, 1.54) is 0 Å². The van der Waals surface area contributed by atoms with E-state index in [2.05, 4.69) is 17.4 Å². The van der Waals surface area contributed by atoms with Gasteiger partial charge in [-0.05, 0) is 6.92 Å². The number of ether oxygens (including phenoxy) is 1. The summed E-state index contributed by atoms with van der Waals surface area (Å²) in [5, 5.41) is 7.16. The van der Waals surface area contributed by atoms with Crippen LogP contribution in [0.25, 0.3) is 0 Å². The summed E-state index contributed by atoms with van der Waals surface area (Å²) in [6.45, 7) is 1.97. The maximum atomic E-state index is 10.5. The number of nitriles is 1. The Morgan fingerprint density at radius 3 is 2.89 bits per heavy atom. The first-order chi connectivity index (χ1) is 4.22. The Bertz CT molecular complexity index is 140. The van der Waals surface area contributed by atoms with Crippen molar-refractivity contribution in [3.8, 4) is 6.07 Å². The fourth-order valence-electron chi connectivity index (χ4n) is 0.274. The van der Waals surface area contributed by atoms with Crippen LogP contribution in [0, 0.1) is 11.3 Å². The van der Waals surface area contributed by atoms with E-state index in [4.69, 9.17) is 5.26 Å². The van der Waals surface area contributed by atoms with E-state index in [-0.39, 0.29) is 6.61 Å². The topological polar surface area (TPSA) is 50.1 Å². The minimum absolute atomic E-state index is 0.289. The van der Waals surface area contributed by atoms with Gasteiger partial charge in [-0.3, -0.25) is 0 Å². The number of nitrogens with zero attached hydrogens (tertiary/aromatic N) is 1. The lowest BCUT2D eigenvalue weighted by Gasteiger charge is -1.99. The summed E-state index contributed by atoms with van der Waals surface area (Å²) in [5.41, 5.74) is 0. The summed E-state index contributed by atoms with van der Waals surface area (Å²) in [6.07, 6.45) is 0. The van der Waals surface area contributed by atoms with Gasteiger partial charge in [0.15, 0.2) is 5.25 Å². The molecule has 0 spiro atoms. The van der Waals surface area contributed by atoms with Gasteiger partial charge in [0, 0.05) is 0 Å². The van der Waals surface area contributed by atoms with Crippen molar-refractivity contribution in [1.29, 1.82) is 5.26 Å². The van der Waals surface area contributed by atoms with Gasteiger partial charge >= 0.3 is 5.97 Å². The van der Waals surface area contributed by atoms with Crippen LogP contribution >= 0.6 is 12.6 Å². The van der Waals surface area contributed by atoms with Crippen LogP contribution < -0.4 is 0 Å². The van der Waals surface area contributed by atoms with Crippen molar-refractivity contribution < 1.29 is 9.53 Å². The molecule has 50 valence electrons. The minimum atomic E-state index is -0.940. The lowest BCUT2D eigenvalue weighted by Crippen LogP contribution is -2.15. The number of hydrogen-bond acceptors (Lipinski definition) is 4. The second-order valence-electron chi connectivity index (χ2n) is 1.28. The molecule has 0 N–H and O–H groups in total. The Morgan fingerprint density at radius 1 is 2.00 bits per heavy atom. The van der Waals surface area contributed by atoms with E-state index in [0.29, 0.717) is 0 Å². The zero-order valence-electron chi connectivity index (χ0n) is 5.00. The third-order valence-corrected chi connectivity index (χ3v) is 0.958. The molecule has 0 saturated heterocycles. The molecule has 0 aliphatic carbocycles. The molecular formula is C5H7NO2S. The molecule has 1 unspecified atom stereocenters. The van der Waals surface area contributed by atoms with Gasteiger partial charge in [-0.15, -0.1) is 12.6 Å². The molecule has 0 aromatic carbocycles. The number of carbonyl (C=O) groups excluding carboxylic acids is 1. The zero-order chi connectivity index (χ0) is 7.28. The highest BCUT2D eigenvalue weighted by atomic mass is 32.1. The molecule has 0 heterocycles. The fraction of sp³-hybridized carbons (Fsp3) is 0.600. The summed E-state index contributed by atoms with van der Waals surface area (Å²) in [7, 11) is 0. The Morgan fingerprint density at radius 2 is 2.56 bits per heavy atom. The van der Waals surface area contributed by atoms with E-state index in [1.54, 1.807) is 13.0 Å². The quantitative estimate of drug-likeness (QED) is 0.451. The van der Waals surface area contributed by atoms with Gasteiger partial charge in [0.05, 0.1) is 12.7 Å². The van der Waals surface area contributed by atoms with Crippen molar-refractivity contribution in [2.75, 3.05) is 6.61 Å². The summed E-state index contributed by atoms with van der Waals surface area (Å²) in [4.78, 5) is 10.5. The third-order valence-electron chi connectivity index (χ3n) is 0.632. The van der Waals surface area contributed by atoms with E-state index in [1.807, 2.05) is 0 Å². The maximum Gasteiger partial charge on any atom is 0.333 e. The first kappa shape index (κ1) is 8.31. The smallest absolute Gasteiger partial charge is 0.333 e. The van der Waals surface area contributed by atoms with Crippen molar-refractivity contribution >= 4 is 18.6 Å². The Hall–Kier alpha value is -0.690. The Balaban J connectivity index is 3.63. The van der Waals surface area contributed by atoms with E-state index >= 15 is 0 Å². The molecule has 0 saturated carbocycles. The normalized spacial score (nSPS) is 11.7. The van der Waals surface area contributed by atoms with Gasteiger partial charge in [0.2, 0.25) is 0 Å². The molecule has 3 nitrogen and oxygen atoms in total. The molecule has 0 rings (SSSR count). The molecule has 0 aliphatic heterocycles. The zero-order valence-corrected chi connectivity index (χ0v) is 5.89. The van der Waals surface area contributed by atoms with Crippen molar-refractivity contribution in [3.05, 3.63) is 0 Å². The standard InChI is InChI=1S/C5H7NO2S/c1-2-8-5(7)4(9)3-6/h4,9H,2H2,1H3. The first-order valence-electron chi connectivity index (χ1n) is 2.46. The third kappa shape index (κ3) is 2.98. The number of thiol groups is 1. The highest BCUT2D eigenvalue weighted by molar-refractivity contribution is 7.82. The molecule has 0 aromatic rings. The van der Waals surface area contributed by atoms with Crippen LogP contribution in [0.15, 0.2) is 0 Å². The summed E-state index contributed by atoms with van der Waals surface area (Å²) >= 11 is 3.62. The lowest BCUT2D eigenvalue weighted by molar-refractivity contribution is -0.141. The second-order valence-corrected chi connectivity index (χ2v) is 1.80. The number of carbonyl (C=O) groups is 1. The molecule has 0 aliphatic rings. The summed E-state index contributed by atoms with van der Waals surface area (Å²) in [5.74, 6) is -0.580. The lowest BCUT2D eigenvalue weighted by atomic mass is 10.5. The van der Waals surface area contributed by atoms with E-state index < -0.39 is 11.2 Å². The number of esters is 1. The fourth-order valence-corrected chi connectivity index (χ4v) is 0.348. The molecule has 0 amide bonds. The summed E-state index contributed by atoms with van der Waals surface area (Å²) < 4.78 is 4.46. The van der Waals surface area contributed by atoms with Gasteiger partial charge < -0.3 is 4.74 Å². The molecule has 0 fully saturated rings. The Kier molecular flexibility index (Phi) is 3.89. The predicted molar refractivity (Wildman–Crippen MR) is 35.0 cm³/mol. The van der Waals surface area contributed by atoms with E-state index in [0.717, 1.165) is 0 Å². The SMILES string of the molecule is CCOC(=O)C(S)C#N. The molecule has 4 heteroatoms. The van der Waals surface area contributed by atoms with Gasteiger partial charge in [-0.2, -0.15) is 5.26 Å². The maximum absolute atomic E-state index is 10.5. The van der Waals surface area contributed by atoms with Crippen LogP contribution in [-0.2, 0) is 9.53 Å². The molecule has 9 heavy (non-hydrogen) atoms. The predicted octanol–water partition coefficient (Wildman–Crippen LogP) is 0.371. The highest BCUT2D eigenvalue weighted by Gasteiger charge is 2.12. The number of rotatable bonds is 2. The second kappa shape index (κ2) is 4.21. The average molecular weight is 145 g/mol. The van der Waals surface area contributed by atoms with Crippen LogP contribution in [0.3, 0.4) is 0 Å². The highest BCUT2D eigenvalue weighted by Crippen LogP contribution is 1.94. The van der Waals surface area contributed by atoms with Gasteiger partial charge in [-0.1, -0.05) is 0 Å². The molecule has 0 aromatic heterocycles. The van der Waals surface area contributed by atoms with Crippen molar-refractivity contribution in [2.45, 2.75) is 12.2 Å². The average Bonchev–Trinajstić information content (AvgIpc) is 1.87. The molecule has 0 radical (unpaired) electrons. The van der Waals surface area contributed by atoms with Crippen LogP contribution in [0.1, 0.15) is 6.92 Å². The van der Waals surface area contributed by atoms with Gasteiger partial charge in [0.1, 0.15) is 0 Å². The van der Waals surface area contributed by atoms with Gasteiger partial charge in [-0.25, -0.2) is 4.79 Å². The van der Waals surface area contributed by atoms with E-state index in [9.17, 15) is 4.79 Å².